The average molecular weight is 544 g/mol. The van der Waals surface area contributed by atoms with Crippen molar-refractivity contribution in [2.24, 2.45) is 0 Å². The van der Waals surface area contributed by atoms with E-state index in [1.165, 1.54) is 122 Å². The van der Waals surface area contributed by atoms with Gasteiger partial charge in [-0.1, -0.05) is 26.2 Å². The molecule has 0 aromatic carbocycles. The summed E-state index contributed by atoms with van der Waals surface area (Å²) >= 11 is 0. The van der Waals surface area contributed by atoms with Crippen LogP contribution in [0.5, 0.6) is 0 Å². The molecule has 0 aromatic heterocycles. The molecule has 0 aliphatic heterocycles. The van der Waals surface area contributed by atoms with E-state index in [1.807, 2.05) is 0 Å². The van der Waals surface area contributed by atoms with E-state index >= 15 is 0 Å². The van der Waals surface area contributed by atoms with E-state index in [2.05, 4.69) is 27.7 Å². The van der Waals surface area contributed by atoms with E-state index in [0.29, 0.717) is 0 Å². The topological polar surface area (TPSA) is 0 Å². The van der Waals surface area contributed by atoms with Crippen LogP contribution in [0.2, 0.25) is 0 Å². The molecule has 1 atom stereocenters. The van der Waals surface area contributed by atoms with Crippen molar-refractivity contribution in [2.45, 2.75) is 156 Å². The predicted molar refractivity (Wildman–Crippen MR) is 164 cm³/mol. The maximum absolute atomic E-state index is 2.39. The van der Waals surface area contributed by atoms with Crippen molar-refractivity contribution in [2.75, 3.05) is 24.6 Å². The standard InChI is InChI=1S/C28H61P.BrH.H3P/c1-5-9-13-14-15-16-17-18-19-20-21-22-23-24-28-29(25-10-6-2,26-11-7-3)27-12-8-4;;/h29H,5-28H2,1-4H3;1H;1H3. The molecule has 0 saturated carbocycles. The van der Waals surface area contributed by atoms with Gasteiger partial charge in [0.15, 0.2) is 0 Å². The maximum atomic E-state index is 2.39. The molecule has 0 aliphatic carbocycles. The monoisotopic (exact) mass is 542 g/mol. The van der Waals surface area contributed by atoms with Gasteiger partial charge in [0.1, 0.15) is 0 Å². The molecule has 0 radical (unpaired) electrons. The SMILES string of the molecule is Br.CCCCCCCCCCCCCCCC[PH](CCCC)(CCCC)CCCC.P. The molecule has 0 heterocycles. The zero-order chi connectivity index (χ0) is 21.5. The number of unbranched alkanes of at least 4 members (excludes halogenated alkanes) is 16. The van der Waals surface area contributed by atoms with Crippen LogP contribution in [0.3, 0.4) is 0 Å². The van der Waals surface area contributed by atoms with Crippen LogP contribution in [0.15, 0.2) is 0 Å². The second kappa shape index (κ2) is 29.4. The quantitative estimate of drug-likeness (QED) is 0.0839. The van der Waals surface area contributed by atoms with Crippen LogP contribution >= 0.6 is 34.1 Å². The van der Waals surface area contributed by atoms with Gasteiger partial charge < -0.3 is 0 Å². The smallest absolute Gasteiger partial charge is 0.153 e. The normalized spacial score (nSPS) is 11.7. The summed E-state index contributed by atoms with van der Waals surface area (Å²) in [7, 11) is -0.961. The molecule has 0 aromatic rings. The van der Waals surface area contributed by atoms with Crippen LogP contribution in [-0.4, -0.2) is 24.6 Å². The fourth-order valence-electron chi connectivity index (χ4n) is 5.10. The Hall–Kier alpha value is 1.34. The van der Waals surface area contributed by atoms with Gasteiger partial charge in [-0.05, 0) is 0 Å². The minimum Gasteiger partial charge on any atom is -0.153 e. The average Bonchev–Trinajstić information content (AvgIpc) is 2.74. The van der Waals surface area contributed by atoms with E-state index in [4.69, 9.17) is 0 Å². The molecular formula is C28H65BrP2. The van der Waals surface area contributed by atoms with Crippen LogP contribution in [0.1, 0.15) is 156 Å². The van der Waals surface area contributed by atoms with Crippen molar-refractivity contribution in [3.8, 4) is 0 Å². The molecular weight excluding hydrogens is 478 g/mol. The molecule has 0 fully saturated rings. The van der Waals surface area contributed by atoms with E-state index in [1.54, 1.807) is 31.1 Å². The second-order valence-corrected chi connectivity index (χ2v) is 15.2. The first kappa shape index (κ1) is 36.9. The molecule has 0 aliphatic rings. The molecule has 0 spiro atoms. The fraction of sp³-hybridized carbons (Fsp3) is 1.00. The first-order valence-electron chi connectivity index (χ1n) is 14.2. The number of halogens is 1. The first-order valence-corrected chi connectivity index (χ1v) is 17.1. The second-order valence-electron chi connectivity index (χ2n) is 10.2. The van der Waals surface area contributed by atoms with Gasteiger partial charge >= 0.3 is 162 Å². The van der Waals surface area contributed by atoms with Crippen molar-refractivity contribution in [3.63, 3.8) is 0 Å². The van der Waals surface area contributed by atoms with Gasteiger partial charge in [-0.2, -0.15) is 9.90 Å². The molecule has 0 amide bonds. The number of hydrogen-bond donors (Lipinski definition) is 0. The Morgan fingerprint density at radius 2 is 0.548 bits per heavy atom. The molecule has 31 heavy (non-hydrogen) atoms. The maximum Gasteiger partial charge on any atom is -0.153 e. The Balaban J connectivity index is -0.00000392. The summed E-state index contributed by atoms with van der Waals surface area (Å²) < 4.78 is 0. The van der Waals surface area contributed by atoms with Crippen LogP contribution in [-0.2, 0) is 0 Å². The van der Waals surface area contributed by atoms with Gasteiger partial charge in [0, 0.05) is 0 Å². The molecule has 1 unspecified atom stereocenters. The largest absolute Gasteiger partial charge is 0.153 e. The molecule has 0 rings (SSSR count). The summed E-state index contributed by atoms with van der Waals surface area (Å²) in [6.07, 6.45) is 36.2. The fourth-order valence-corrected chi connectivity index (χ4v) is 10.9. The summed E-state index contributed by atoms with van der Waals surface area (Å²) in [6.45, 7) is 9.49. The Kier molecular flexibility index (Phi) is 35.0. The summed E-state index contributed by atoms with van der Waals surface area (Å²) in [6, 6.07) is 0. The Morgan fingerprint density at radius 1 is 0.323 bits per heavy atom. The van der Waals surface area contributed by atoms with Crippen molar-refractivity contribution in [1.29, 1.82) is 0 Å². The minimum absolute atomic E-state index is 0. The third-order valence-corrected chi connectivity index (χ3v) is 12.9. The first-order chi connectivity index (χ1) is 14.2. The van der Waals surface area contributed by atoms with E-state index in [9.17, 15) is 0 Å². The van der Waals surface area contributed by atoms with Gasteiger partial charge in [0.2, 0.25) is 0 Å². The van der Waals surface area contributed by atoms with Gasteiger partial charge in [-0.3, -0.25) is 0 Å². The summed E-state index contributed by atoms with van der Waals surface area (Å²) in [5.41, 5.74) is 0. The summed E-state index contributed by atoms with van der Waals surface area (Å²) in [5.74, 6) is 0. The van der Waals surface area contributed by atoms with E-state index in [-0.39, 0.29) is 26.9 Å². The van der Waals surface area contributed by atoms with Crippen molar-refractivity contribution in [1.82, 2.24) is 0 Å². The molecule has 0 bridgehead atoms. The zero-order valence-corrected chi connectivity index (χ0v) is 26.7. The van der Waals surface area contributed by atoms with E-state index in [0.717, 1.165) is 0 Å². The molecule has 0 nitrogen and oxygen atoms in total. The summed E-state index contributed by atoms with van der Waals surface area (Å²) in [4.78, 5) is 0. The third-order valence-electron chi connectivity index (χ3n) is 7.24. The Labute approximate surface area is 214 Å². The Morgan fingerprint density at radius 3 is 0.839 bits per heavy atom. The van der Waals surface area contributed by atoms with Crippen LogP contribution in [0.25, 0.3) is 0 Å². The molecule has 0 saturated heterocycles. The zero-order valence-electron chi connectivity index (χ0n) is 22.6. The molecule has 0 N–H and O–H groups in total. The summed E-state index contributed by atoms with van der Waals surface area (Å²) in [5, 5.41) is 0. The number of rotatable bonds is 24. The molecule has 194 valence electrons. The van der Waals surface area contributed by atoms with E-state index < -0.39 is 7.26 Å². The van der Waals surface area contributed by atoms with Crippen molar-refractivity contribution < 1.29 is 0 Å². The van der Waals surface area contributed by atoms with Gasteiger partial charge in [0.05, 0.1) is 0 Å². The van der Waals surface area contributed by atoms with Crippen LogP contribution in [0, 0.1) is 0 Å². The predicted octanol–water partition coefficient (Wildman–Crippen LogP) is 11.3. The van der Waals surface area contributed by atoms with Gasteiger partial charge in [0.25, 0.3) is 0 Å². The van der Waals surface area contributed by atoms with Crippen molar-refractivity contribution >= 4 is 34.1 Å². The molecule has 3 heteroatoms. The Bertz CT molecular complexity index is 288. The van der Waals surface area contributed by atoms with Crippen LogP contribution in [0.4, 0.5) is 0 Å². The van der Waals surface area contributed by atoms with Gasteiger partial charge in [-0.15, -0.1) is 17.0 Å². The van der Waals surface area contributed by atoms with Crippen LogP contribution < -0.4 is 0 Å². The third kappa shape index (κ3) is 24.3. The van der Waals surface area contributed by atoms with Gasteiger partial charge in [-0.25, -0.2) is 0 Å². The minimum atomic E-state index is -0.961. The number of hydrogen-bond acceptors (Lipinski definition) is 0. The van der Waals surface area contributed by atoms with Crippen molar-refractivity contribution in [3.05, 3.63) is 0 Å².